The minimum atomic E-state index is -1.86. The van der Waals surface area contributed by atoms with Crippen LogP contribution in [0.2, 0.25) is 0 Å². The molecule has 348 valence electrons. The fraction of sp³-hybridized carbons (Fsp3) is 0.690. The van der Waals surface area contributed by atoms with Crippen molar-refractivity contribution in [2.75, 3.05) is 13.0 Å². The van der Waals surface area contributed by atoms with Gasteiger partial charge in [0.05, 0.1) is 18.7 Å². The first kappa shape index (κ1) is 53.4. The van der Waals surface area contributed by atoms with Crippen LogP contribution in [0.25, 0.3) is 0 Å². The van der Waals surface area contributed by atoms with Gasteiger partial charge in [0.1, 0.15) is 42.0 Å². The van der Waals surface area contributed by atoms with Crippen LogP contribution >= 0.6 is 0 Å². The third-order valence-corrected chi connectivity index (χ3v) is 10.5. The molecule has 7 amide bonds. The Morgan fingerprint density at radius 3 is 1.92 bits per heavy atom. The average Bonchev–Trinajstić information content (AvgIpc) is 3.70. The van der Waals surface area contributed by atoms with Crippen LogP contribution in [0.15, 0.2) is 24.3 Å². The summed E-state index contributed by atoms with van der Waals surface area (Å²) in [5.41, 5.74) is 0.538. The number of phenolic OH excluding ortho intramolecular Hbond substituents is 1. The number of rotatable bonds is 27. The highest BCUT2D eigenvalue weighted by molar-refractivity contribution is 6.41. The summed E-state index contributed by atoms with van der Waals surface area (Å²) in [5.74, 6) is -5.11. The third kappa shape index (κ3) is 18.7. The van der Waals surface area contributed by atoms with E-state index in [1.807, 2.05) is 13.8 Å². The van der Waals surface area contributed by atoms with Crippen molar-refractivity contribution < 1.29 is 58.9 Å². The first-order valence-electron chi connectivity index (χ1n) is 21.8. The molecule has 1 aliphatic heterocycles. The summed E-state index contributed by atoms with van der Waals surface area (Å²) in [6.45, 7) is 9.86. The number of hydrogen-bond donors (Lipinski definition) is 11. The third-order valence-electron chi connectivity index (χ3n) is 10.5. The van der Waals surface area contributed by atoms with Gasteiger partial charge in [-0.05, 0) is 70.1 Å². The van der Waals surface area contributed by atoms with Crippen molar-refractivity contribution in [2.45, 2.75) is 167 Å². The van der Waals surface area contributed by atoms with E-state index in [1.165, 1.54) is 56.4 Å². The Bertz CT molecular complexity index is 1610. The molecule has 1 fully saturated rings. The van der Waals surface area contributed by atoms with Crippen LogP contribution in [0.1, 0.15) is 118 Å². The summed E-state index contributed by atoms with van der Waals surface area (Å²) in [4.78, 5) is 94.8. The predicted molar refractivity (Wildman–Crippen MR) is 231 cm³/mol. The van der Waals surface area contributed by atoms with Crippen LogP contribution in [-0.2, 0) is 40.0 Å². The number of aromatic hydroxyl groups is 1. The summed E-state index contributed by atoms with van der Waals surface area (Å²) in [5, 5.41) is 64.3. The Hall–Kier alpha value is -4.79. The van der Waals surface area contributed by atoms with Crippen molar-refractivity contribution in [2.24, 2.45) is 5.92 Å². The van der Waals surface area contributed by atoms with Gasteiger partial charge in [0.15, 0.2) is 0 Å². The van der Waals surface area contributed by atoms with E-state index in [1.54, 1.807) is 0 Å². The van der Waals surface area contributed by atoms with Crippen molar-refractivity contribution in [1.82, 2.24) is 36.8 Å². The number of carbonyl (C=O) groups excluding carboxylic acids is 7. The molecule has 62 heavy (non-hydrogen) atoms. The summed E-state index contributed by atoms with van der Waals surface area (Å²) in [6.07, 6.45) is 4.76. The topological polar surface area (TPSA) is 296 Å². The largest absolute Gasteiger partial charge is 0.508 e. The quantitative estimate of drug-likeness (QED) is 0.0392. The summed E-state index contributed by atoms with van der Waals surface area (Å²) < 4.78 is 0. The second-order valence-electron chi connectivity index (χ2n) is 16.7. The molecule has 1 heterocycles. The number of hydrogen-bond acceptors (Lipinski definition) is 12. The molecular formula is C42H70BN7O12. The van der Waals surface area contributed by atoms with Crippen molar-refractivity contribution in [3.63, 3.8) is 0 Å². The molecule has 0 spiro atoms. The predicted octanol–water partition coefficient (Wildman–Crippen LogP) is -0.554. The second kappa shape index (κ2) is 27.3. The zero-order chi connectivity index (χ0) is 46.5. The van der Waals surface area contributed by atoms with Crippen LogP contribution in [0, 0.1) is 5.92 Å². The number of phenols is 1. The first-order chi connectivity index (χ1) is 29.2. The Balaban J connectivity index is 2.11. The van der Waals surface area contributed by atoms with Gasteiger partial charge >= 0.3 is 7.12 Å². The summed E-state index contributed by atoms with van der Waals surface area (Å²) in [7, 11) is -1.86. The normalized spacial score (nSPS) is 17.1. The molecule has 1 aromatic rings. The molecule has 1 aliphatic rings. The molecule has 2 rings (SSSR count). The minimum absolute atomic E-state index is 0.00150. The van der Waals surface area contributed by atoms with Gasteiger partial charge in [-0.15, -0.1) is 0 Å². The highest BCUT2D eigenvalue weighted by Crippen LogP contribution is 2.21. The lowest BCUT2D eigenvalue weighted by Crippen LogP contribution is -2.62. The standard InChI is InChI=1S/C42H70BN7O12/c1-7-8-9-10-11-12-13-16-34(54)46-31(22-25(2)3)39(57)49-36(28(6)52)42(60)50-21-14-15-33(50)40(58)48-35(27(5)51)41(59)45-26(4)37(55)47-32(38(56)44-24-43(61)62)23-29-17-19-30(53)20-18-29/h17-20,25-28,31-33,35-36,51-53,61-62H,7-16,21-24H2,1-6H3,(H,44,56)(H,45,59)(H,46,54)(H,47,55)(H,48,58)(H,49,57)/t26-,27?,28?,31-,32-,33+,35?,36?/m0/s1. The smallest absolute Gasteiger partial charge is 0.472 e. The number of nitrogens with zero attached hydrogens (tertiary/aromatic N) is 1. The lowest BCUT2D eigenvalue weighted by atomic mass is 9.92. The molecule has 1 aromatic carbocycles. The zero-order valence-corrected chi connectivity index (χ0v) is 37.0. The van der Waals surface area contributed by atoms with Crippen LogP contribution in [0.5, 0.6) is 5.75 Å². The molecule has 19 nitrogen and oxygen atoms in total. The van der Waals surface area contributed by atoms with E-state index in [-0.39, 0.29) is 49.8 Å². The fourth-order valence-electron chi connectivity index (χ4n) is 7.05. The van der Waals surface area contributed by atoms with Gasteiger partial charge in [-0.1, -0.05) is 71.4 Å². The monoisotopic (exact) mass is 876 g/mol. The molecule has 0 aliphatic carbocycles. The molecule has 4 unspecified atom stereocenters. The Kier molecular flexibility index (Phi) is 23.5. The minimum Gasteiger partial charge on any atom is -0.508 e. The molecular weight excluding hydrogens is 805 g/mol. The number of amides is 7. The number of nitrogens with one attached hydrogen (secondary N) is 6. The lowest BCUT2D eigenvalue weighted by Gasteiger charge is -2.32. The molecule has 0 radical (unpaired) electrons. The fourth-order valence-corrected chi connectivity index (χ4v) is 7.05. The lowest BCUT2D eigenvalue weighted by molar-refractivity contribution is -0.145. The molecule has 8 atom stereocenters. The highest BCUT2D eigenvalue weighted by Gasteiger charge is 2.41. The number of aliphatic hydroxyl groups excluding tert-OH is 2. The maximum atomic E-state index is 13.9. The number of aliphatic hydroxyl groups is 2. The van der Waals surface area contributed by atoms with Crippen molar-refractivity contribution >= 4 is 48.5 Å². The van der Waals surface area contributed by atoms with Gasteiger partial charge < -0.3 is 62.2 Å². The van der Waals surface area contributed by atoms with E-state index in [0.717, 1.165) is 32.1 Å². The maximum Gasteiger partial charge on any atom is 0.472 e. The van der Waals surface area contributed by atoms with Gasteiger partial charge in [-0.3, -0.25) is 33.6 Å². The molecule has 20 heteroatoms. The van der Waals surface area contributed by atoms with Gasteiger partial charge in [0.2, 0.25) is 41.4 Å². The number of carbonyl (C=O) groups is 7. The Morgan fingerprint density at radius 2 is 1.34 bits per heavy atom. The maximum absolute atomic E-state index is 13.9. The zero-order valence-electron chi connectivity index (χ0n) is 37.0. The second-order valence-corrected chi connectivity index (χ2v) is 16.7. The van der Waals surface area contributed by atoms with Crippen molar-refractivity contribution in [1.29, 1.82) is 0 Å². The van der Waals surface area contributed by atoms with E-state index < -0.39 is 97.5 Å². The van der Waals surface area contributed by atoms with Crippen LogP contribution < -0.4 is 31.9 Å². The summed E-state index contributed by atoms with van der Waals surface area (Å²) in [6, 6.07) is -1.97. The van der Waals surface area contributed by atoms with E-state index in [4.69, 9.17) is 0 Å². The number of benzene rings is 1. The van der Waals surface area contributed by atoms with Crippen LogP contribution in [0.4, 0.5) is 0 Å². The first-order valence-corrected chi connectivity index (χ1v) is 21.8. The van der Waals surface area contributed by atoms with Gasteiger partial charge in [-0.25, -0.2) is 0 Å². The SMILES string of the molecule is CCCCCCCCCC(=O)N[C@@H](CC(C)C)C(=O)NC(C(=O)N1CCC[C@@H]1C(=O)NC(C(=O)N[C@@H](C)C(=O)N[C@@H](Cc1ccc(O)cc1)C(=O)NCB(O)O)C(C)O)C(C)O. The number of unbranched alkanes of at least 4 members (excludes halogenated alkanes) is 6. The van der Waals surface area contributed by atoms with Crippen molar-refractivity contribution in [3.8, 4) is 5.75 Å². The average molecular weight is 876 g/mol. The molecule has 11 N–H and O–H groups in total. The van der Waals surface area contributed by atoms with Crippen LogP contribution in [0.3, 0.4) is 0 Å². The molecule has 0 bridgehead atoms. The van der Waals surface area contributed by atoms with E-state index in [2.05, 4.69) is 38.8 Å². The molecule has 0 saturated carbocycles. The van der Waals surface area contributed by atoms with Crippen LogP contribution in [-0.4, -0.2) is 140 Å². The summed E-state index contributed by atoms with van der Waals surface area (Å²) >= 11 is 0. The highest BCUT2D eigenvalue weighted by atomic mass is 16.4. The van der Waals surface area contributed by atoms with Gasteiger partial charge in [0.25, 0.3) is 0 Å². The molecule has 1 saturated heterocycles. The van der Waals surface area contributed by atoms with E-state index in [9.17, 15) is 58.9 Å². The van der Waals surface area contributed by atoms with E-state index in [0.29, 0.717) is 18.4 Å². The van der Waals surface area contributed by atoms with Gasteiger partial charge in [-0.2, -0.15) is 0 Å². The van der Waals surface area contributed by atoms with E-state index >= 15 is 0 Å². The molecule has 0 aromatic heterocycles. The Morgan fingerprint density at radius 1 is 0.726 bits per heavy atom. The van der Waals surface area contributed by atoms with Gasteiger partial charge in [0, 0.05) is 19.4 Å². The number of likely N-dealkylation sites (tertiary alicyclic amines) is 1. The Labute approximate surface area is 365 Å². The van der Waals surface area contributed by atoms with Crippen molar-refractivity contribution in [3.05, 3.63) is 29.8 Å².